The van der Waals surface area contributed by atoms with Crippen LogP contribution < -0.4 is 10.6 Å². The SMILES string of the molecule is Cc1ccc(NC(=O)c2c(NC(=O)c3ccccc3)sc3c2CC[C@@H](C(C)(C)C)C3)cc1. The number of carbonyl (C=O) groups is 2. The molecular formula is C27H30N2O2S. The lowest BCUT2D eigenvalue weighted by Gasteiger charge is -2.33. The van der Waals surface area contributed by atoms with Gasteiger partial charge < -0.3 is 10.6 Å². The van der Waals surface area contributed by atoms with Crippen molar-refractivity contribution >= 4 is 33.8 Å². The van der Waals surface area contributed by atoms with E-state index in [0.717, 1.165) is 36.1 Å². The normalized spacial score (nSPS) is 15.7. The molecule has 0 bridgehead atoms. The Kier molecular flexibility index (Phi) is 6.20. The van der Waals surface area contributed by atoms with Crippen molar-refractivity contribution in [3.63, 3.8) is 0 Å². The third-order valence-corrected chi connectivity index (χ3v) is 7.46. The molecule has 166 valence electrons. The molecular weight excluding hydrogens is 416 g/mol. The first-order valence-electron chi connectivity index (χ1n) is 11.1. The molecule has 1 aliphatic rings. The van der Waals surface area contributed by atoms with Gasteiger partial charge in [0, 0.05) is 16.1 Å². The van der Waals surface area contributed by atoms with E-state index < -0.39 is 0 Å². The largest absolute Gasteiger partial charge is 0.322 e. The number of hydrogen-bond donors (Lipinski definition) is 2. The molecule has 1 heterocycles. The third-order valence-electron chi connectivity index (χ3n) is 6.29. The molecule has 0 saturated carbocycles. The Morgan fingerprint density at radius 3 is 2.28 bits per heavy atom. The van der Waals surface area contributed by atoms with Crippen molar-refractivity contribution in [1.82, 2.24) is 0 Å². The van der Waals surface area contributed by atoms with Crippen LogP contribution in [0.1, 0.15) is 63.9 Å². The van der Waals surface area contributed by atoms with E-state index in [4.69, 9.17) is 0 Å². The smallest absolute Gasteiger partial charge is 0.258 e. The van der Waals surface area contributed by atoms with E-state index in [9.17, 15) is 9.59 Å². The highest BCUT2D eigenvalue weighted by Gasteiger charge is 2.34. The van der Waals surface area contributed by atoms with Gasteiger partial charge in [0.2, 0.25) is 0 Å². The average Bonchev–Trinajstić information content (AvgIpc) is 3.12. The highest BCUT2D eigenvalue weighted by atomic mass is 32.1. The molecule has 1 aromatic heterocycles. The van der Waals surface area contributed by atoms with Gasteiger partial charge in [-0.3, -0.25) is 9.59 Å². The zero-order valence-electron chi connectivity index (χ0n) is 19.1. The summed E-state index contributed by atoms with van der Waals surface area (Å²) < 4.78 is 0. The fourth-order valence-electron chi connectivity index (χ4n) is 4.25. The molecule has 2 aromatic carbocycles. The second kappa shape index (κ2) is 8.91. The summed E-state index contributed by atoms with van der Waals surface area (Å²) in [5, 5.41) is 6.71. The van der Waals surface area contributed by atoms with Crippen molar-refractivity contribution in [2.75, 3.05) is 10.6 Å². The summed E-state index contributed by atoms with van der Waals surface area (Å²) in [6.07, 6.45) is 2.84. The van der Waals surface area contributed by atoms with Crippen LogP contribution in [0.15, 0.2) is 54.6 Å². The molecule has 0 radical (unpaired) electrons. The van der Waals surface area contributed by atoms with Crippen LogP contribution in [0.25, 0.3) is 0 Å². The highest BCUT2D eigenvalue weighted by Crippen LogP contribution is 2.44. The van der Waals surface area contributed by atoms with Gasteiger partial charge in [-0.2, -0.15) is 0 Å². The molecule has 0 unspecified atom stereocenters. The van der Waals surface area contributed by atoms with Gasteiger partial charge in [-0.25, -0.2) is 0 Å². The van der Waals surface area contributed by atoms with E-state index in [1.54, 1.807) is 23.5 Å². The molecule has 32 heavy (non-hydrogen) atoms. The van der Waals surface area contributed by atoms with Crippen LogP contribution in [0.2, 0.25) is 0 Å². The second-order valence-electron chi connectivity index (χ2n) is 9.65. The number of aryl methyl sites for hydroxylation is 1. The van der Waals surface area contributed by atoms with E-state index in [1.165, 1.54) is 4.88 Å². The molecule has 4 nitrogen and oxygen atoms in total. The third kappa shape index (κ3) is 4.78. The molecule has 2 amide bonds. The van der Waals surface area contributed by atoms with Gasteiger partial charge in [0.25, 0.3) is 11.8 Å². The standard InChI is InChI=1S/C27H30N2O2S/c1-17-10-13-20(14-11-17)28-25(31)23-21-15-12-19(27(2,3)4)16-22(21)32-26(23)29-24(30)18-8-6-5-7-9-18/h5-11,13-14,19H,12,15-16H2,1-4H3,(H,28,31)(H,29,30)/t19-/m1/s1. The van der Waals surface area contributed by atoms with Crippen molar-refractivity contribution in [2.45, 2.75) is 47.0 Å². The van der Waals surface area contributed by atoms with E-state index in [1.807, 2.05) is 49.4 Å². The van der Waals surface area contributed by atoms with Crippen LogP contribution in [-0.4, -0.2) is 11.8 Å². The topological polar surface area (TPSA) is 58.2 Å². The molecule has 3 aromatic rings. The maximum absolute atomic E-state index is 13.4. The predicted molar refractivity (Wildman–Crippen MR) is 133 cm³/mol. The number of amides is 2. The van der Waals surface area contributed by atoms with E-state index in [-0.39, 0.29) is 17.2 Å². The zero-order valence-corrected chi connectivity index (χ0v) is 19.9. The van der Waals surface area contributed by atoms with Crippen LogP contribution in [0.5, 0.6) is 0 Å². The number of fused-ring (bicyclic) bond motifs is 1. The Bertz CT molecular complexity index is 1120. The summed E-state index contributed by atoms with van der Waals surface area (Å²) in [6, 6.07) is 16.9. The second-order valence-corrected chi connectivity index (χ2v) is 10.8. The number of thiophene rings is 1. The van der Waals surface area contributed by atoms with Crippen molar-refractivity contribution in [1.29, 1.82) is 0 Å². The first kappa shape index (κ1) is 22.3. The number of rotatable bonds is 4. The Labute approximate surface area is 194 Å². The fourth-order valence-corrected chi connectivity index (χ4v) is 5.57. The molecule has 1 aliphatic carbocycles. The number of carbonyl (C=O) groups excluding carboxylic acids is 2. The molecule has 5 heteroatoms. The quantitative estimate of drug-likeness (QED) is 0.468. The van der Waals surface area contributed by atoms with Gasteiger partial charge in [-0.1, -0.05) is 56.7 Å². The van der Waals surface area contributed by atoms with E-state index in [0.29, 0.717) is 22.0 Å². The van der Waals surface area contributed by atoms with Gasteiger partial charge in [0.1, 0.15) is 5.00 Å². The van der Waals surface area contributed by atoms with Gasteiger partial charge in [-0.15, -0.1) is 11.3 Å². The zero-order chi connectivity index (χ0) is 22.9. The van der Waals surface area contributed by atoms with Crippen molar-refractivity contribution in [3.05, 3.63) is 81.7 Å². The average molecular weight is 447 g/mol. The van der Waals surface area contributed by atoms with Crippen LogP contribution in [0.4, 0.5) is 10.7 Å². The van der Waals surface area contributed by atoms with Crippen LogP contribution >= 0.6 is 11.3 Å². The minimum Gasteiger partial charge on any atom is -0.322 e. The van der Waals surface area contributed by atoms with E-state index >= 15 is 0 Å². The summed E-state index contributed by atoms with van der Waals surface area (Å²) in [4.78, 5) is 27.5. The highest BCUT2D eigenvalue weighted by molar-refractivity contribution is 7.17. The van der Waals surface area contributed by atoms with E-state index in [2.05, 4.69) is 31.4 Å². The number of hydrogen-bond acceptors (Lipinski definition) is 3. The molecule has 0 spiro atoms. The summed E-state index contributed by atoms with van der Waals surface area (Å²) in [5.41, 5.74) is 4.38. The maximum Gasteiger partial charge on any atom is 0.258 e. The molecule has 1 atom stereocenters. The first-order valence-corrected chi connectivity index (χ1v) is 11.9. The number of nitrogens with one attached hydrogen (secondary N) is 2. The molecule has 0 saturated heterocycles. The molecule has 4 rings (SSSR count). The predicted octanol–water partition coefficient (Wildman–Crippen LogP) is 6.71. The molecule has 0 aliphatic heterocycles. The Balaban J connectivity index is 1.68. The minimum absolute atomic E-state index is 0.163. The van der Waals surface area contributed by atoms with Gasteiger partial charge in [-0.05, 0) is 67.3 Å². The fraction of sp³-hybridized carbons (Fsp3) is 0.333. The Hall–Kier alpha value is -2.92. The maximum atomic E-state index is 13.4. The number of anilines is 2. The lowest BCUT2D eigenvalue weighted by molar-refractivity contribution is 0.102. The van der Waals surface area contributed by atoms with Gasteiger partial charge >= 0.3 is 0 Å². The van der Waals surface area contributed by atoms with Gasteiger partial charge in [0.05, 0.1) is 5.56 Å². The summed E-state index contributed by atoms with van der Waals surface area (Å²) in [5.74, 6) is 0.198. The van der Waals surface area contributed by atoms with Gasteiger partial charge in [0.15, 0.2) is 0 Å². The van der Waals surface area contributed by atoms with Crippen LogP contribution in [-0.2, 0) is 12.8 Å². The van der Waals surface area contributed by atoms with Crippen molar-refractivity contribution < 1.29 is 9.59 Å². The lowest BCUT2D eigenvalue weighted by Crippen LogP contribution is -2.27. The monoisotopic (exact) mass is 446 g/mol. The number of benzene rings is 2. The van der Waals surface area contributed by atoms with Crippen molar-refractivity contribution in [2.24, 2.45) is 11.3 Å². The van der Waals surface area contributed by atoms with Crippen LogP contribution in [0, 0.1) is 18.3 Å². The first-order chi connectivity index (χ1) is 15.2. The summed E-state index contributed by atoms with van der Waals surface area (Å²) >= 11 is 1.55. The van der Waals surface area contributed by atoms with Crippen LogP contribution in [0.3, 0.4) is 0 Å². The Morgan fingerprint density at radius 1 is 0.938 bits per heavy atom. The lowest BCUT2D eigenvalue weighted by atomic mass is 9.72. The molecule has 2 N–H and O–H groups in total. The molecule has 0 fully saturated rings. The minimum atomic E-state index is -0.194. The Morgan fingerprint density at radius 2 is 1.62 bits per heavy atom. The summed E-state index contributed by atoms with van der Waals surface area (Å²) in [7, 11) is 0. The van der Waals surface area contributed by atoms with Crippen molar-refractivity contribution in [3.8, 4) is 0 Å². The summed E-state index contributed by atoms with van der Waals surface area (Å²) in [6.45, 7) is 8.85.